The average Bonchev–Trinajstić information content (AvgIpc) is 3.23. The van der Waals surface area contributed by atoms with Gasteiger partial charge in [0.15, 0.2) is 11.5 Å². The van der Waals surface area contributed by atoms with Gasteiger partial charge in [0, 0.05) is 11.3 Å². The molecule has 166 valence electrons. The average molecular weight is 433 g/mol. The van der Waals surface area contributed by atoms with Crippen molar-refractivity contribution in [3.63, 3.8) is 0 Å². The van der Waals surface area contributed by atoms with Gasteiger partial charge in [-0.15, -0.1) is 0 Å². The van der Waals surface area contributed by atoms with Crippen LogP contribution in [0.1, 0.15) is 54.2 Å². The molecule has 0 fully saturated rings. The fourth-order valence-corrected chi connectivity index (χ4v) is 4.47. The Kier molecular flexibility index (Phi) is 5.71. The smallest absolute Gasteiger partial charge is 0.315 e. The number of ether oxygens (including phenoxy) is 2. The fraction of sp³-hybridized carbons (Fsp3) is 0.360. The van der Waals surface area contributed by atoms with E-state index in [0.717, 1.165) is 48.4 Å². The molecule has 7 heteroatoms. The molecule has 2 atom stereocenters. The van der Waals surface area contributed by atoms with Gasteiger partial charge in [0.2, 0.25) is 0 Å². The molecule has 7 nitrogen and oxygen atoms in total. The van der Waals surface area contributed by atoms with Crippen molar-refractivity contribution in [2.75, 3.05) is 13.2 Å². The van der Waals surface area contributed by atoms with E-state index >= 15 is 0 Å². The molecule has 0 spiro atoms. The predicted octanol–water partition coefficient (Wildman–Crippen LogP) is 4.14. The quantitative estimate of drug-likeness (QED) is 0.635. The number of aromatic nitrogens is 2. The third-order valence-corrected chi connectivity index (χ3v) is 6.16. The van der Waals surface area contributed by atoms with Crippen LogP contribution in [0.3, 0.4) is 0 Å². The summed E-state index contributed by atoms with van der Waals surface area (Å²) in [6.45, 7) is 3.82. The fourth-order valence-electron chi connectivity index (χ4n) is 4.47. The van der Waals surface area contributed by atoms with Crippen LogP contribution in [-0.4, -0.2) is 29.0 Å². The van der Waals surface area contributed by atoms with Crippen molar-refractivity contribution in [2.24, 2.45) is 0 Å². The van der Waals surface area contributed by atoms with Crippen LogP contribution in [0.15, 0.2) is 54.7 Å². The highest BCUT2D eigenvalue weighted by Gasteiger charge is 2.26. The zero-order valence-electron chi connectivity index (χ0n) is 18.2. The maximum Gasteiger partial charge on any atom is 0.315 e. The number of nitrogens with one attached hydrogen (secondary N) is 2. The van der Waals surface area contributed by atoms with Crippen LogP contribution in [0.2, 0.25) is 0 Å². The first-order chi connectivity index (χ1) is 15.7. The highest BCUT2D eigenvalue weighted by molar-refractivity contribution is 5.75. The van der Waals surface area contributed by atoms with Gasteiger partial charge < -0.3 is 20.1 Å². The zero-order valence-corrected chi connectivity index (χ0v) is 18.2. The number of urea groups is 1. The van der Waals surface area contributed by atoms with Crippen molar-refractivity contribution in [1.82, 2.24) is 20.4 Å². The Balaban J connectivity index is 1.24. The summed E-state index contributed by atoms with van der Waals surface area (Å²) >= 11 is 0. The standard InChI is InChI=1S/C25H28N4O3/c1-17(19-10-11-23-24(14-19)32-13-12-31-23)27-25(30)28-21-8-5-9-22-20(21)15-26-29(22)16-18-6-3-2-4-7-18/h2-4,6-7,10-11,14-15,17,21H,5,8-9,12-13,16H2,1H3,(H2,27,28,30). The Labute approximate surface area is 187 Å². The Bertz CT molecular complexity index is 1100. The Morgan fingerprint density at radius 1 is 1.16 bits per heavy atom. The topological polar surface area (TPSA) is 77.4 Å². The van der Waals surface area contributed by atoms with Crippen molar-refractivity contribution < 1.29 is 14.3 Å². The molecule has 2 unspecified atom stereocenters. The molecule has 1 aromatic heterocycles. The molecule has 0 radical (unpaired) electrons. The van der Waals surface area contributed by atoms with Crippen molar-refractivity contribution in [3.8, 4) is 11.5 Å². The van der Waals surface area contributed by atoms with Gasteiger partial charge in [-0.2, -0.15) is 5.10 Å². The summed E-state index contributed by atoms with van der Waals surface area (Å²) in [5, 5.41) is 10.8. The normalized spacial score (nSPS) is 17.8. The van der Waals surface area contributed by atoms with Crippen LogP contribution < -0.4 is 20.1 Å². The van der Waals surface area contributed by atoms with Gasteiger partial charge in [0.05, 0.1) is 24.8 Å². The summed E-state index contributed by atoms with van der Waals surface area (Å²) in [5.41, 5.74) is 4.53. The van der Waals surface area contributed by atoms with E-state index in [1.165, 1.54) is 11.3 Å². The molecule has 2 aliphatic rings. The van der Waals surface area contributed by atoms with Gasteiger partial charge in [-0.05, 0) is 49.4 Å². The Morgan fingerprint density at radius 2 is 1.97 bits per heavy atom. The Hall–Kier alpha value is -3.48. The second-order valence-electron chi connectivity index (χ2n) is 8.38. The lowest BCUT2D eigenvalue weighted by Crippen LogP contribution is -2.40. The highest BCUT2D eigenvalue weighted by Crippen LogP contribution is 2.33. The highest BCUT2D eigenvalue weighted by atomic mass is 16.6. The first kappa shape index (κ1) is 20.4. The number of benzene rings is 2. The summed E-state index contributed by atoms with van der Waals surface area (Å²) in [4.78, 5) is 12.8. The number of carbonyl (C=O) groups is 1. The number of hydrogen-bond acceptors (Lipinski definition) is 4. The molecule has 2 heterocycles. The third kappa shape index (κ3) is 4.28. The third-order valence-electron chi connectivity index (χ3n) is 6.16. The van der Waals surface area contributed by atoms with Gasteiger partial charge in [-0.1, -0.05) is 36.4 Å². The molecule has 1 aliphatic heterocycles. The van der Waals surface area contributed by atoms with Gasteiger partial charge in [-0.25, -0.2) is 4.79 Å². The van der Waals surface area contributed by atoms with Gasteiger partial charge >= 0.3 is 6.03 Å². The molecule has 2 amide bonds. The van der Waals surface area contributed by atoms with Crippen LogP contribution in [0.4, 0.5) is 4.79 Å². The molecule has 0 bridgehead atoms. The van der Waals surface area contributed by atoms with Crippen LogP contribution in [0.5, 0.6) is 11.5 Å². The van der Waals surface area contributed by atoms with Crippen molar-refractivity contribution in [1.29, 1.82) is 0 Å². The van der Waals surface area contributed by atoms with E-state index in [1.807, 2.05) is 49.5 Å². The summed E-state index contributed by atoms with van der Waals surface area (Å²) < 4.78 is 13.3. The van der Waals surface area contributed by atoms with E-state index in [-0.39, 0.29) is 18.1 Å². The van der Waals surface area contributed by atoms with E-state index in [0.29, 0.717) is 13.2 Å². The lowest BCUT2D eigenvalue weighted by atomic mass is 9.93. The molecule has 0 saturated heterocycles. The van der Waals surface area contributed by atoms with Crippen LogP contribution in [0.25, 0.3) is 0 Å². The molecule has 3 aromatic rings. The number of fused-ring (bicyclic) bond motifs is 2. The minimum atomic E-state index is -0.180. The van der Waals surface area contributed by atoms with Gasteiger partial charge in [0.25, 0.3) is 0 Å². The van der Waals surface area contributed by atoms with Gasteiger partial charge in [0.1, 0.15) is 13.2 Å². The molecule has 1 aliphatic carbocycles. The van der Waals surface area contributed by atoms with E-state index in [9.17, 15) is 4.79 Å². The van der Waals surface area contributed by atoms with E-state index < -0.39 is 0 Å². The van der Waals surface area contributed by atoms with Crippen molar-refractivity contribution >= 4 is 6.03 Å². The van der Waals surface area contributed by atoms with E-state index in [4.69, 9.17) is 9.47 Å². The number of amides is 2. The Morgan fingerprint density at radius 3 is 2.81 bits per heavy atom. The first-order valence-corrected chi connectivity index (χ1v) is 11.2. The van der Waals surface area contributed by atoms with Crippen LogP contribution >= 0.6 is 0 Å². The molecule has 2 N–H and O–H groups in total. The lowest BCUT2D eigenvalue weighted by molar-refractivity contribution is 0.171. The predicted molar refractivity (Wildman–Crippen MR) is 121 cm³/mol. The molecule has 0 saturated carbocycles. The maximum absolute atomic E-state index is 12.8. The SMILES string of the molecule is CC(NC(=O)NC1CCCc2c1cnn2Cc1ccccc1)c1ccc2c(c1)OCCO2. The summed E-state index contributed by atoms with van der Waals surface area (Å²) in [6.07, 6.45) is 4.83. The van der Waals surface area contributed by atoms with Crippen molar-refractivity contribution in [3.05, 3.63) is 77.1 Å². The zero-order chi connectivity index (χ0) is 21.9. The van der Waals surface area contributed by atoms with E-state index in [1.54, 1.807) is 0 Å². The molecule has 5 rings (SSSR count). The van der Waals surface area contributed by atoms with Crippen LogP contribution in [-0.2, 0) is 13.0 Å². The molecular formula is C25H28N4O3. The monoisotopic (exact) mass is 432 g/mol. The molecule has 2 aromatic carbocycles. The lowest BCUT2D eigenvalue weighted by Gasteiger charge is -2.26. The number of carbonyl (C=O) groups excluding carboxylic acids is 1. The summed E-state index contributed by atoms with van der Waals surface area (Å²) in [5.74, 6) is 1.48. The second-order valence-corrected chi connectivity index (χ2v) is 8.38. The molecule has 32 heavy (non-hydrogen) atoms. The summed E-state index contributed by atoms with van der Waals surface area (Å²) in [6, 6.07) is 15.8. The van der Waals surface area contributed by atoms with E-state index in [2.05, 4.69) is 32.5 Å². The summed E-state index contributed by atoms with van der Waals surface area (Å²) in [7, 11) is 0. The van der Waals surface area contributed by atoms with Crippen LogP contribution in [0, 0.1) is 0 Å². The minimum Gasteiger partial charge on any atom is -0.486 e. The second kappa shape index (κ2) is 8.94. The number of nitrogens with zero attached hydrogens (tertiary/aromatic N) is 2. The first-order valence-electron chi connectivity index (χ1n) is 11.2. The largest absolute Gasteiger partial charge is 0.486 e. The van der Waals surface area contributed by atoms with Gasteiger partial charge in [-0.3, -0.25) is 4.68 Å². The van der Waals surface area contributed by atoms with Crippen molar-refractivity contribution in [2.45, 2.75) is 44.8 Å². The maximum atomic E-state index is 12.8. The minimum absolute atomic E-state index is 0.0317. The number of hydrogen-bond donors (Lipinski definition) is 2. The molecular weight excluding hydrogens is 404 g/mol. The number of rotatable bonds is 5.